The van der Waals surface area contributed by atoms with Crippen molar-refractivity contribution in [2.45, 2.75) is 12.8 Å². The molecule has 0 unspecified atom stereocenters. The molecule has 1 aliphatic carbocycles. The molecule has 1 rings (SSSR count). The molecular formula is C4H6. The van der Waals surface area contributed by atoms with Gasteiger partial charge < -0.3 is 0 Å². The van der Waals surface area contributed by atoms with E-state index in [-0.39, 0.29) is 0 Å². The Morgan fingerprint density at radius 1 is 1.50 bits per heavy atom. The van der Waals surface area contributed by atoms with Crippen LogP contribution in [-0.4, -0.2) is 0 Å². The predicted octanol–water partition coefficient (Wildman–Crippen LogP) is 1.11. The first kappa shape index (κ1) is 2.25. The fraction of sp³-hybridized carbons (Fsp3) is 0.750. The SMILES string of the molecule is [CH]C1CC1. The third-order valence-corrected chi connectivity index (χ3v) is 0.622. The zero-order valence-electron chi connectivity index (χ0n) is 2.57. The van der Waals surface area contributed by atoms with Gasteiger partial charge in [-0.25, -0.2) is 0 Å². The quantitative estimate of drug-likeness (QED) is 0.388. The topological polar surface area (TPSA) is 0 Å². The standard InChI is InChI=1S/C4H6/c1-4-2-3-4/h1,4H,2-3H2. The van der Waals surface area contributed by atoms with E-state index in [0.29, 0.717) is 5.92 Å². The van der Waals surface area contributed by atoms with Gasteiger partial charge in [0.05, 0.1) is 0 Å². The molecule has 2 radical (unpaired) electrons. The van der Waals surface area contributed by atoms with Crippen LogP contribution in [0, 0.1) is 12.8 Å². The van der Waals surface area contributed by atoms with Gasteiger partial charge in [-0.3, -0.25) is 0 Å². The molecule has 0 heteroatoms. The monoisotopic (exact) mass is 54.0 g/mol. The summed E-state index contributed by atoms with van der Waals surface area (Å²) >= 11 is 0. The lowest BCUT2D eigenvalue weighted by atomic mass is 10.5. The smallest absolute Gasteiger partial charge is 0.0318 e. The van der Waals surface area contributed by atoms with E-state index in [1.54, 1.807) is 0 Å². The second-order valence-corrected chi connectivity index (χ2v) is 1.34. The van der Waals surface area contributed by atoms with Crippen molar-refractivity contribution < 1.29 is 0 Å². The average molecular weight is 54.1 g/mol. The normalized spacial score (nSPS) is 26.2. The summed E-state index contributed by atoms with van der Waals surface area (Å²) in [5, 5.41) is 0. The number of rotatable bonds is 0. The summed E-state index contributed by atoms with van der Waals surface area (Å²) in [6, 6.07) is 0. The highest BCUT2D eigenvalue weighted by molar-refractivity contribution is 4.73. The Labute approximate surface area is 26.8 Å². The van der Waals surface area contributed by atoms with Gasteiger partial charge in [0.25, 0.3) is 0 Å². The number of hydrogen-bond acceptors (Lipinski definition) is 0. The van der Waals surface area contributed by atoms with Crippen molar-refractivity contribution >= 4 is 0 Å². The van der Waals surface area contributed by atoms with Gasteiger partial charge in [-0.2, -0.15) is 0 Å². The van der Waals surface area contributed by atoms with Gasteiger partial charge in [0.15, 0.2) is 0 Å². The van der Waals surface area contributed by atoms with Crippen molar-refractivity contribution in [1.29, 1.82) is 0 Å². The van der Waals surface area contributed by atoms with Gasteiger partial charge in [0, 0.05) is 0 Å². The molecule has 0 aromatic carbocycles. The molecule has 4 heavy (non-hydrogen) atoms. The van der Waals surface area contributed by atoms with E-state index in [9.17, 15) is 0 Å². The van der Waals surface area contributed by atoms with E-state index in [1.807, 2.05) is 0 Å². The molecule has 0 aromatic heterocycles. The molecule has 0 spiro atoms. The molecule has 22 valence electrons. The van der Waals surface area contributed by atoms with Crippen molar-refractivity contribution in [3.05, 3.63) is 6.92 Å². The minimum atomic E-state index is 0.583. The lowest BCUT2D eigenvalue weighted by Crippen LogP contribution is -1.43. The second-order valence-electron chi connectivity index (χ2n) is 1.34. The second kappa shape index (κ2) is 0.480. The van der Waals surface area contributed by atoms with Crippen molar-refractivity contribution in [3.63, 3.8) is 0 Å². The zero-order valence-corrected chi connectivity index (χ0v) is 2.57. The Morgan fingerprint density at radius 2 is 1.75 bits per heavy atom. The van der Waals surface area contributed by atoms with Crippen molar-refractivity contribution in [2.75, 3.05) is 0 Å². The van der Waals surface area contributed by atoms with Crippen LogP contribution in [0.2, 0.25) is 0 Å². The van der Waals surface area contributed by atoms with Crippen LogP contribution < -0.4 is 0 Å². The minimum Gasteiger partial charge on any atom is -0.0499 e. The Morgan fingerprint density at radius 3 is 1.75 bits per heavy atom. The first-order valence-corrected chi connectivity index (χ1v) is 1.65. The Kier molecular flexibility index (Phi) is 0.270. The third kappa shape index (κ3) is 0.222. The van der Waals surface area contributed by atoms with Crippen LogP contribution in [0.5, 0.6) is 0 Å². The van der Waals surface area contributed by atoms with Crippen molar-refractivity contribution in [3.8, 4) is 0 Å². The van der Waals surface area contributed by atoms with Gasteiger partial charge in [0.2, 0.25) is 0 Å². The maximum atomic E-state index is 5.22. The predicted molar refractivity (Wildman–Crippen MR) is 17.0 cm³/mol. The summed E-state index contributed by atoms with van der Waals surface area (Å²) < 4.78 is 0. The van der Waals surface area contributed by atoms with E-state index in [0.717, 1.165) is 0 Å². The zero-order chi connectivity index (χ0) is 2.99. The van der Waals surface area contributed by atoms with Crippen molar-refractivity contribution in [1.82, 2.24) is 0 Å². The fourth-order valence-electron chi connectivity index (χ4n) is 0.0962. The molecule has 0 bridgehead atoms. The molecule has 0 nitrogen and oxygen atoms in total. The van der Waals surface area contributed by atoms with E-state index >= 15 is 0 Å². The molecule has 1 aliphatic rings. The van der Waals surface area contributed by atoms with Crippen LogP contribution in [-0.2, 0) is 0 Å². The summed E-state index contributed by atoms with van der Waals surface area (Å²) in [6.45, 7) is 5.22. The molecule has 0 N–H and O–H groups in total. The fourth-order valence-corrected chi connectivity index (χ4v) is 0.0962. The Hall–Kier alpha value is 0. The molecule has 0 heterocycles. The molecule has 0 saturated heterocycles. The highest BCUT2D eigenvalue weighted by Crippen LogP contribution is 2.26. The summed E-state index contributed by atoms with van der Waals surface area (Å²) in [4.78, 5) is 0. The van der Waals surface area contributed by atoms with E-state index < -0.39 is 0 Å². The first-order valence-electron chi connectivity index (χ1n) is 1.65. The molecule has 1 saturated carbocycles. The molecular weight excluding hydrogens is 48.0 g/mol. The van der Waals surface area contributed by atoms with Gasteiger partial charge in [-0.15, -0.1) is 0 Å². The maximum absolute atomic E-state index is 5.22. The van der Waals surface area contributed by atoms with Gasteiger partial charge in [-0.05, 0) is 25.7 Å². The lowest BCUT2D eigenvalue weighted by molar-refractivity contribution is 1.12. The van der Waals surface area contributed by atoms with E-state index in [4.69, 9.17) is 6.92 Å². The summed E-state index contributed by atoms with van der Waals surface area (Å²) in [7, 11) is 0. The molecule has 0 aromatic rings. The Bertz CT molecular complexity index is 19.2. The van der Waals surface area contributed by atoms with E-state index in [2.05, 4.69) is 0 Å². The highest BCUT2D eigenvalue weighted by Gasteiger charge is 2.13. The highest BCUT2D eigenvalue weighted by atomic mass is 14.2. The van der Waals surface area contributed by atoms with Crippen molar-refractivity contribution in [2.24, 2.45) is 5.92 Å². The van der Waals surface area contributed by atoms with Crippen LogP contribution in [0.1, 0.15) is 12.8 Å². The van der Waals surface area contributed by atoms with Crippen LogP contribution >= 0.6 is 0 Å². The molecule has 0 atom stereocenters. The largest absolute Gasteiger partial charge is 0.0499 e. The van der Waals surface area contributed by atoms with Gasteiger partial charge in [-0.1, -0.05) is 0 Å². The molecule has 0 aliphatic heterocycles. The summed E-state index contributed by atoms with van der Waals surface area (Å²) in [5.74, 6) is 0.583. The van der Waals surface area contributed by atoms with E-state index in [1.165, 1.54) is 12.8 Å². The third-order valence-electron chi connectivity index (χ3n) is 0.622. The molecule has 0 amide bonds. The van der Waals surface area contributed by atoms with Gasteiger partial charge >= 0.3 is 0 Å². The number of hydrogen-bond donors (Lipinski definition) is 0. The first-order chi connectivity index (χ1) is 1.89. The summed E-state index contributed by atoms with van der Waals surface area (Å²) in [5.41, 5.74) is 0. The maximum Gasteiger partial charge on any atom is -0.0318 e. The van der Waals surface area contributed by atoms with Crippen LogP contribution in [0.15, 0.2) is 0 Å². The Balaban J connectivity index is 2.17. The van der Waals surface area contributed by atoms with Gasteiger partial charge in [0.1, 0.15) is 0 Å². The van der Waals surface area contributed by atoms with Crippen LogP contribution in [0.4, 0.5) is 0 Å². The minimum absolute atomic E-state index is 0.583. The average Bonchev–Trinajstić information content (AvgIpc) is 1.75. The lowest BCUT2D eigenvalue weighted by Gasteiger charge is -1.52. The summed E-state index contributed by atoms with van der Waals surface area (Å²) in [6.07, 6.45) is 2.53. The van der Waals surface area contributed by atoms with Crippen LogP contribution in [0.3, 0.4) is 0 Å². The van der Waals surface area contributed by atoms with Crippen LogP contribution in [0.25, 0.3) is 0 Å². The molecule has 1 fully saturated rings.